The fraction of sp³-hybridized carbons (Fsp3) is 0.231. The zero-order chi connectivity index (χ0) is 24.1. The van der Waals surface area contributed by atoms with Crippen molar-refractivity contribution in [3.63, 3.8) is 0 Å². The van der Waals surface area contributed by atoms with Gasteiger partial charge in [0.15, 0.2) is 0 Å². The maximum atomic E-state index is 12.9. The van der Waals surface area contributed by atoms with E-state index >= 15 is 0 Å². The van der Waals surface area contributed by atoms with Crippen LogP contribution < -0.4 is 20.1 Å². The average Bonchev–Trinajstić information content (AvgIpc) is 3.24. The number of para-hydroxylation sites is 1. The summed E-state index contributed by atoms with van der Waals surface area (Å²) in [6, 6.07) is 15.1. The van der Waals surface area contributed by atoms with Gasteiger partial charge in [0.1, 0.15) is 11.5 Å². The third-order valence-corrected chi connectivity index (χ3v) is 6.11. The number of ether oxygens (including phenoxy) is 2. The minimum Gasteiger partial charge on any atom is -0.495 e. The largest absolute Gasteiger partial charge is 0.495 e. The molecule has 0 saturated carbocycles. The Morgan fingerprint density at radius 2 is 1.91 bits per heavy atom. The van der Waals surface area contributed by atoms with Crippen LogP contribution in [0.1, 0.15) is 24.0 Å². The zero-order valence-electron chi connectivity index (χ0n) is 19.3. The number of nitrogens with zero attached hydrogens (tertiary/aromatic N) is 2. The predicted molar refractivity (Wildman–Crippen MR) is 135 cm³/mol. The molecule has 0 fully saturated rings. The van der Waals surface area contributed by atoms with E-state index < -0.39 is 0 Å². The van der Waals surface area contributed by atoms with Gasteiger partial charge in [-0.05, 0) is 36.2 Å². The Morgan fingerprint density at radius 3 is 2.62 bits per heavy atom. The number of nitrogens with one attached hydrogen (secondary N) is 2. The lowest BCUT2D eigenvalue weighted by Gasteiger charge is -2.19. The van der Waals surface area contributed by atoms with E-state index in [0.29, 0.717) is 28.8 Å². The molecule has 1 atom stereocenters. The van der Waals surface area contributed by atoms with Crippen LogP contribution in [0.4, 0.5) is 10.5 Å². The predicted octanol–water partition coefficient (Wildman–Crippen LogP) is 5.68. The molecule has 2 aromatic carbocycles. The molecule has 4 rings (SSSR count). The number of pyridine rings is 1. The number of aromatic nitrogens is 2. The summed E-state index contributed by atoms with van der Waals surface area (Å²) >= 11 is 6.24. The molecule has 8 heteroatoms. The first-order chi connectivity index (χ1) is 16.5. The van der Waals surface area contributed by atoms with E-state index in [9.17, 15) is 4.79 Å². The number of methoxy groups -OCH3 is 2. The Labute approximate surface area is 203 Å². The van der Waals surface area contributed by atoms with E-state index in [0.717, 1.165) is 28.6 Å². The number of amides is 2. The van der Waals surface area contributed by atoms with Gasteiger partial charge in [0.25, 0.3) is 0 Å². The molecule has 2 N–H and O–H groups in total. The van der Waals surface area contributed by atoms with Crippen LogP contribution in [0.3, 0.4) is 0 Å². The van der Waals surface area contributed by atoms with Crippen LogP contribution >= 0.6 is 11.6 Å². The van der Waals surface area contributed by atoms with Crippen LogP contribution in [0.2, 0.25) is 5.02 Å². The van der Waals surface area contributed by atoms with Crippen LogP contribution in [-0.2, 0) is 6.54 Å². The van der Waals surface area contributed by atoms with Crippen LogP contribution in [-0.4, -0.2) is 36.3 Å². The number of hydrogen-bond donors (Lipinski definition) is 2. The summed E-state index contributed by atoms with van der Waals surface area (Å²) in [7, 11) is 3.04. The molecule has 2 aromatic heterocycles. The maximum absolute atomic E-state index is 12.9. The summed E-state index contributed by atoms with van der Waals surface area (Å²) in [5.41, 5.74) is 3.77. The van der Waals surface area contributed by atoms with Crippen LogP contribution in [0, 0.1) is 0 Å². The van der Waals surface area contributed by atoms with Gasteiger partial charge in [-0.2, -0.15) is 0 Å². The first kappa shape index (κ1) is 23.4. The molecule has 4 aromatic rings. The van der Waals surface area contributed by atoms with E-state index in [2.05, 4.69) is 45.4 Å². The van der Waals surface area contributed by atoms with Crippen LogP contribution in [0.5, 0.6) is 11.5 Å². The second kappa shape index (κ2) is 10.5. The molecule has 7 nitrogen and oxygen atoms in total. The van der Waals surface area contributed by atoms with Crippen molar-refractivity contribution in [2.24, 2.45) is 0 Å². The molecular formula is C26H27ClN4O3. The highest BCUT2D eigenvalue weighted by Crippen LogP contribution is 2.36. The van der Waals surface area contributed by atoms with Gasteiger partial charge in [-0.25, -0.2) is 4.79 Å². The Kier molecular flexibility index (Phi) is 7.23. The number of aryl methyl sites for hydroxylation is 1. The Bertz CT molecular complexity index is 1290. The topological polar surface area (TPSA) is 77.4 Å². The minimum atomic E-state index is -0.368. The van der Waals surface area contributed by atoms with Crippen molar-refractivity contribution in [3.8, 4) is 11.5 Å². The first-order valence-electron chi connectivity index (χ1n) is 11.0. The molecule has 176 valence electrons. The monoisotopic (exact) mass is 478 g/mol. The third kappa shape index (κ3) is 4.79. The molecule has 0 radical (unpaired) electrons. The van der Waals surface area contributed by atoms with Crippen molar-refractivity contribution in [2.45, 2.75) is 19.4 Å². The molecular weight excluding hydrogens is 452 g/mol. The van der Waals surface area contributed by atoms with E-state index in [1.165, 1.54) is 14.2 Å². The average molecular weight is 479 g/mol. The number of benzene rings is 2. The lowest BCUT2D eigenvalue weighted by atomic mass is 9.92. The molecule has 34 heavy (non-hydrogen) atoms. The number of carbonyl (C=O) groups is 1. The normalized spacial score (nSPS) is 11.8. The molecule has 0 aliphatic heterocycles. The SMILES string of the molecule is CCn1cc([C@@H](CNC(=O)Nc2cc(Cl)c(OC)cc2OC)c2cccnc2)c2ccccc21. The quantitative estimate of drug-likeness (QED) is 0.341. The van der Waals surface area contributed by atoms with E-state index in [4.69, 9.17) is 21.1 Å². The highest BCUT2D eigenvalue weighted by Gasteiger charge is 2.21. The van der Waals surface area contributed by atoms with Crippen molar-refractivity contribution in [3.05, 3.63) is 83.3 Å². The second-order valence-electron chi connectivity index (χ2n) is 7.75. The maximum Gasteiger partial charge on any atom is 0.319 e. The summed E-state index contributed by atoms with van der Waals surface area (Å²) in [6.45, 7) is 3.35. The fourth-order valence-electron chi connectivity index (χ4n) is 4.12. The van der Waals surface area contributed by atoms with Gasteiger partial charge in [0.05, 0.1) is 24.9 Å². The van der Waals surface area contributed by atoms with Gasteiger partial charge >= 0.3 is 6.03 Å². The fourth-order valence-corrected chi connectivity index (χ4v) is 4.36. The third-order valence-electron chi connectivity index (χ3n) is 5.81. The molecule has 0 aliphatic rings. The van der Waals surface area contributed by atoms with E-state index in [1.807, 2.05) is 30.5 Å². The molecule has 2 heterocycles. The summed E-state index contributed by atoms with van der Waals surface area (Å²) < 4.78 is 12.8. The molecule has 2 amide bonds. The van der Waals surface area contributed by atoms with Crippen molar-refractivity contribution in [2.75, 3.05) is 26.1 Å². The lowest BCUT2D eigenvalue weighted by Crippen LogP contribution is -2.33. The molecule has 0 bridgehead atoms. The first-order valence-corrected chi connectivity index (χ1v) is 11.4. The van der Waals surface area contributed by atoms with Gasteiger partial charge in [0.2, 0.25) is 0 Å². The molecule has 0 unspecified atom stereocenters. The van der Waals surface area contributed by atoms with Crippen molar-refractivity contribution in [1.29, 1.82) is 0 Å². The molecule has 0 aliphatic carbocycles. The summed E-state index contributed by atoms with van der Waals surface area (Å²) in [5.74, 6) is 0.832. The van der Waals surface area contributed by atoms with Gasteiger partial charge < -0.3 is 24.7 Å². The lowest BCUT2D eigenvalue weighted by molar-refractivity contribution is 0.251. The van der Waals surface area contributed by atoms with Crippen molar-refractivity contribution in [1.82, 2.24) is 14.9 Å². The molecule has 0 saturated heterocycles. The zero-order valence-corrected chi connectivity index (χ0v) is 20.1. The highest BCUT2D eigenvalue weighted by atomic mass is 35.5. The van der Waals surface area contributed by atoms with Crippen LogP contribution in [0.15, 0.2) is 67.1 Å². The number of rotatable bonds is 8. The molecule has 0 spiro atoms. The Morgan fingerprint density at radius 1 is 1.12 bits per heavy atom. The van der Waals surface area contributed by atoms with E-state index in [1.54, 1.807) is 18.3 Å². The highest BCUT2D eigenvalue weighted by molar-refractivity contribution is 6.32. The van der Waals surface area contributed by atoms with Crippen LogP contribution in [0.25, 0.3) is 10.9 Å². The van der Waals surface area contributed by atoms with Gasteiger partial charge in [0, 0.05) is 54.6 Å². The minimum absolute atomic E-state index is 0.0847. The second-order valence-corrected chi connectivity index (χ2v) is 8.16. The van der Waals surface area contributed by atoms with E-state index in [-0.39, 0.29) is 11.9 Å². The van der Waals surface area contributed by atoms with Gasteiger partial charge in [-0.15, -0.1) is 0 Å². The number of urea groups is 1. The van der Waals surface area contributed by atoms with Gasteiger partial charge in [-0.3, -0.25) is 4.98 Å². The van der Waals surface area contributed by atoms with Crippen molar-refractivity contribution < 1.29 is 14.3 Å². The number of halogens is 1. The summed E-state index contributed by atoms with van der Waals surface area (Å²) in [6.07, 6.45) is 5.75. The number of fused-ring (bicyclic) bond motifs is 1. The standard InChI is InChI=1S/C26H27ClN4O3/c1-4-31-16-20(18-9-5-6-10-23(18)31)19(17-8-7-11-28-14-17)15-29-26(32)30-22-12-21(27)24(33-2)13-25(22)34-3/h5-14,16,19H,4,15H2,1-3H3,(H2,29,30,32)/t19-/m0/s1. The summed E-state index contributed by atoms with van der Waals surface area (Å²) in [4.78, 5) is 17.2. The van der Waals surface area contributed by atoms with Crippen molar-refractivity contribution >= 4 is 34.2 Å². The Balaban J connectivity index is 1.60. The summed E-state index contributed by atoms with van der Waals surface area (Å²) in [5, 5.41) is 7.36. The number of carbonyl (C=O) groups excluding carboxylic acids is 1. The van der Waals surface area contributed by atoms with Gasteiger partial charge in [-0.1, -0.05) is 35.9 Å². The Hall–Kier alpha value is -3.71. The number of hydrogen-bond acceptors (Lipinski definition) is 4. The number of anilines is 1. The smallest absolute Gasteiger partial charge is 0.319 e.